The Morgan fingerprint density at radius 1 is 1.10 bits per heavy atom. The van der Waals surface area contributed by atoms with E-state index >= 15 is 0 Å². The normalized spacial score (nSPS) is 11.2. The van der Waals surface area contributed by atoms with Crippen molar-refractivity contribution in [3.8, 4) is 0 Å². The van der Waals surface area contributed by atoms with Crippen molar-refractivity contribution in [2.24, 2.45) is 10.9 Å². The van der Waals surface area contributed by atoms with Crippen LogP contribution in [0.1, 0.15) is 15.9 Å². The van der Waals surface area contributed by atoms with Gasteiger partial charge in [0.1, 0.15) is 0 Å². The zero-order valence-electron chi connectivity index (χ0n) is 11.3. The van der Waals surface area contributed by atoms with E-state index in [9.17, 15) is 4.79 Å². The van der Waals surface area contributed by atoms with E-state index in [0.29, 0.717) is 11.1 Å². The number of carbonyl (C=O) groups is 1. The van der Waals surface area contributed by atoms with E-state index in [1.54, 1.807) is 48.3 Å². The van der Waals surface area contributed by atoms with E-state index < -0.39 is 0 Å². The van der Waals surface area contributed by atoms with Gasteiger partial charge in [-0.15, -0.1) is 0 Å². The van der Waals surface area contributed by atoms with Gasteiger partial charge in [-0.2, -0.15) is 0 Å². The van der Waals surface area contributed by atoms with Crippen LogP contribution in [-0.4, -0.2) is 24.0 Å². The molecule has 0 saturated heterocycles. The number of amides is 1. The Labute approximate surface area is 136 Å². The highest BCUT2D eigenvalue weighted by atomic mass is 127. The van der Waals surface area contributed by atoms with Crippen LogP contribution in [0.15, 0.2) is 53.7 Å². The van der Waals surface area contributed by atoms with Crippen molar-refractivity contribution in [2.75, 3.05) is 11.9 Å². The van der Waals surface area contributed by atoms with Crippen molar-refractivity contribution in [2.45, 2.75) is 0 Å². The molecule has 0 bridgehead atoms. The average molecular weight is 395 g/mol. The summed E-state index contributed by atoms with van der Waals surface area (Å²) in [6.07, 6.45) is 0. The summed E-state index contributed by atoms with van der Waals surface area (Å²) in [5.74, 6) is -0.0592. The second-order valence-corrected chi connectivity index (χ2v) is 5.65. The summed E-state index contributed by atoms with van der Waals surface area (Å²) in [6.45, 7) is 0. The molecule has 2 aromatic rings. The lowest BCUT2D eigenvalue weighted by atomic mass is 10.1. The number of rotatable bonds is 3. The Hall–Kier alpha value is -2.09. The lowest BCUT2D eigenvalue weighted by Gasteiger charge is -2.17. The van der Waals surface area contributed by atoms with Crippen LogP contribution in [0.25, 0.3) is 0 Å². The summed E-state index contributed by atoms with van der Waals surface area (Å²) in [7, 11) is 1.71. The number of halogens is 1. The van der Waals surface area contributed by atoms with Crippen LogP contribution in [0.5, 0.6) is 0 Å². The number of amidine groups is 1. The van der Waals surface area contributed by atoms with Crippen molar-refractivity contribution < 1.29 is 10.0 Å². The topological polar surface area (TPSA) is 78.9 Å². The molecule has 1 amide bonds. The standard InChI is InChI=1S/C15H14IN3O2/c1-19(15(20)11-2-6-12(16)7-3-11)13-8-4-10(5-9-13)14(17)18-21/h2-9,21H,1H3,(H2,17,18). The van der Waals surface area contributed by atoms with Gasteiger partial charge in [0.25, 0.3) is 5.91 Å². The van der Waals surface area contributed by atoms with Crippen molar-refractivity contribution in [3.63, 3.8) is 0 Å². The van der Waals surface area contributed by atoms with Crippen LogP contribution >= 0.6 is 22.6 Å². The molecule has 0 spiro atoms. The molecule has 0 unspecified atom stereocenters. The summed E-state index contributed by atoms with van der Waals surface area (Å²) >= 11 is 2.19. The number of hydrogen-bond donors (Lipinski definition) is 2. The maximum absolute atomic E-state index is 12.4. The molecular formula is C15H14IN3O2. The molecule has 6 heteroatoms. The summed E-state index contributed by atoms with van der Waals surface area (Å²) in [4.78, 5) is 13.9. The fraction of sp³-hybridized carbons (Fsp3) is 0.0667. The highest BCUT2D eigenvalue weighted by Crippen LogP contribution is 2.17. The molecule has 0 saturated carbocycles. The van der Waals surface area contributed by atoms with Crippen molar-refractivity contribution in [3.05, 3.63) is 63.2 Å². The Balaban J connectivity index is 2.21. The van der Waals surface area contributed by atoms with Crippen molar-refractivity contribution in [1.29, 1.82) is 0 Å². The quantitative estimate of drug-likeness (QED) is 0.276. The van der Waals surface area contributed by atoms with E-state index in [2.05, 4.69) is 27.7 Å². The molecule has 0 aliphatic heterocycles. The minimum atomic E-state index is -0.0945. The fourth-order valence-corrected chi connectivity index (χ4v) is 2.18. The van der Waals surface area contributed by atoms with Crippen LogP contribution in [-0.2, 0) is 0 Å². The van der Waals surface area contributed by atoms with Gasteiger partial charge in [0.05, 0.1) is 0 Å². The maximum atomic E-state index is 12.4. The lowest BCUT2D eigenvalue weighted by Crippen LogP contribution is -2.26. The first kappa shape index (κ1) is 15.3. The smallest absolute Gasteiger partial charge is 0.258 e. The minimum Gasteiger partial charge on any atom is -0.409 e. The van der Waals surface area contributed by atoms with E-state index in [1.807, 2.05) is 12.1 Å². The van der Waals surface area contributed by atoms with E-state index in [4.69, 9.17) is 10.9 Å². The number of carbonyl (C=O) groups excluding carboxylic acids is 1. The zero-order chi connectivity index (χ0) is 15.4. The number of hydrogen-bond acceptors (Lipinski definition) is 3. The minimum absolute atomic E-state index is 0.0353. The highest BCUT2D eigenvalue weighted by Gasteiger charge is 2.13. The second-order valence-electron chi connectivity index (χ2n) is 4.40. The van der Waals surface area contributed by atoms with E-state index in [0.717, 1.165) is 9.26 Å². The van der Waals surface area contributed by atoms with E-state index in [1.165, 1.54) is 0 Å². The molecule has 0 fully saturated rings. The van der Waals surface area contributed by atoms with E-state index in [-0.39, 0.29) is 11.7 Å². The van der Waals surface area contributed by atoms with Crippen molar-refractivity contribution >= 4 is 40.0 Å². The number of anilines is 1. The SMILES string of the molecule is CN(C(=O)c1ccc(I)cc1)c1ccc(C(N)=NO)cc1. The summed E-state index contributed by atoms with van der Waals surface area (Å²) < 4.78 is 1.08. The number of oxime groups is 1. The lowest BCUT2D eigenvalue weighted by molar-refractivity contribution is 0.0993. The van der Waals surface area contributed by atoms with Gasteiger partial charge >= 0.3 is 0 Å². The molecule has 2 aromatic carbocycles. The molecule has 0 aliphatic rings. The molecule has 0 heterocycles. The van der Waals surface area contributed by atoms with Crippen LogP contribution < -0.4 is 10.6 Å². The van der Waals surface area contributed by atoms with Crippen LogP contribution in [0.2, 0.25) is 0 Å². The van der Waals surface area contributed by atoms with Gasteiger partial charge in [-0.1, -0.05) is 5.16 Å². The van der Waals surface area contributed by atoms with Crippen molar-refractivity contribution in [1.82, 2.24) is 0 Å². The molecule has 0 aromatic heterocycles. The molecule has 5 nitrogen and oxygen atoms in total. The Morgan fingerprint density at radius 3 is 2.14 bits per heavy atom. The first-order valence-electron chi connectivity index (χ1n) is 6.14. The zero-order valence-corrected chi connectivity index (χ0v) is 13.5. The second kappa shape index (κ2) is 6.57. The molecular weight excluding hydrogens is 381 g/mol. The predicted molar refractivity (Wildman–Crippen MR) is 90.8 cm³/mol. The average Bonchev–Trinajstić information content (AvgIpc) is 2.53. The summed E-state index contributed by atoms with van der Waals surface area (Å²) in [6, 6.07) is 14.3. The van der Waals surface area contributed by atoms with Gasteiger partial charge in [0.2, 0.25) is 0 Å². The Kier molecular flexibility index (Phi) is 4.79. The molecule has 2 rings (SSSR count). The van der Waals surface area contributed by atoms with Crippen LogP contribution in [0.3, 0.4) is 0 Å². The first-order chi connectivity index (χ1) is 10.0. The fourth-order valence-electron chi connectivity index (χ4n) is 1.82. The monoisotopic (exact) mass is 395 g/mol. The third-order valence-corrected chi connectivity index (χ3v) is 3.77. The Bertz CT molecular complexity index is 666. The molecule has 108 valence electrons. The van der Waals surface area contributed by atoms with Gasteiger partial charge in [-0.25, -0.2) is 0 Å². The molecule has 3 N–H and O–H groups in total. The summed E-state index contributed by atoms with van der Waals surface area (Å²) in [5.41, 5.74) is 7.45. The molecule has 0 atom stereocenters. The number of nitrogens with zero attached hydrogens (tertiary/aromatic N) is 2. The molecule has 0 radical (unpaired) electrons. The van der Waals surface area contributed by atoms with Gasteiger partial charge < -0.3 is 15.8 Å². The molecule has 0 aliphatic carbocycles. The maximum Gasteiger partial charge on any atom is 0.258 e. The summed E-state index contributed by atoms with van der Waals surface area (Å²) in [5, 5.41) is 11.6. The third-order valence-electron chi connectivity index (χ3n) is 3.05. The highest BCUT2D eigenvalue weighted by molar-refractivity contribution is 14.1. The predicted octanol–water partition coefficient (Wildman–Crippen LogP) is 2.66. The van der Waals surface area contributed by atoms with Gasteiger partial charge in [-0.3, -0.25) is 4.79 Å². The number of nitrogens with two attached hydrogens (primary N) is 1. The largest absolute Gasteiger partial charge is 0.409 e. The van der Waals surface area contributed by atoms with Gasteiger partial charge in [-0.05, 0) is 71.1 Å². The first-order valence-corrected chi connectivity index (χ1v) is 7.22. The third kappa shape index (κ3) is 3.52. The van der Waals surface area contributed by atoms with Crippen LogP contribution in [0.4, 0.5) is 5.69 Å². The van der Waals surface area contributed by atoms with Gasteiger partial charge in [0, 0.05) is 27.4 Å². The van der Waals surface area contributed by atoms with Gasteiger partial charge in [0.15, 0.2) is 5.84 Å². The Morgan fingerprint density at radius 2 is 1.62 bits per heavy atom. The number of benzene rings is 2. The molecule has 21 heavy (non-hydrogen) atoms. The van der Waals surface area contributed by atoms with Crippen LogP contribution in [0, 0.1) is 3.57 Å².